The van der Waals surface area contributed by atoms with Crippen LogP contribution < -0.4 is 23.7 Å². The van der Waals surface area contributed by atoms with E-state index in [1.807, 2.05) is 48.7 Å². The van der Waals surface area contributed by atoms with Crippen LogP contribution in [0, 0.1) is 0 Å². The molecule has 1 atom stereocenters. The molecule has 0 aromatic heterocycles. The van der Waals surface area contributed by atoms with Gasteiger partial charge in [-0.25, -0.2) is 4.79 Å². The number of methoxy groups -OCH3 is 4. The van der Waals surface area contributed by atoms with E-state index in [1.54, 1.807) is 12.1 Å². The summed E-state index contributed by atoms with van der Waals surface area (Å²) in [5.74, 6) is 1.17. The predicted molar refractivity (Wildman–Crippen MR) is 151 cm³/mol. The fraction of sp³-hybridized carbons (Fsp3) is 0.188. The van der Waals surface area contributed by atoms with Gasteiger partial charge in [0.25, 0.3) is 0 Å². The third-order valence-electron chi connectivity index (χ3n) is 6.15. The van der Waals surface area contributed by atoms with E-state index in [1.165, 1.54) is 46.1 Å². The lowest BCUT2D eigenvalue weighted by Crippen LogP contribution is -2.10. The van der Waals surface area contributed by atoms with Crippen molar-refractivity contribution in [3.63, 3.8) is 0 Å². The Morgan fingerprint density at radius 1 is 0.718 bits per heavy atom. The number of nitrogens with zero attached hydrogens (tertiary/aromatic N) is 1. The zero-order valence-electron chi connectivity index (χ0n) is 22.4. The van der Waals surface area contributed by atoms with Crippen LogP contribution in [0.25, 0.3) is 0 Å². The molecule has 0 saturated carbocycles. The monoisotopic (exact) mass is 525 g/mol. The molecule has 0 radical (unpaired) electrons. The van der Waals surface area contributed by atoms with Gasteiger partial charge in [-0.2, -0.15) is 0 Å². The number of carbonyl (C=O) groups excluding carboxylic acids is 1. The quantitative estimate of drug-likeness (QED) is 0.129. The fourth-order valence-electron chi connectivity index (χ4n) is 4.15. The van der Waals surface area contributed by atoms with Gasteiger partial charge < -0.3 is 23.7 Å². The molecule has 0 bridgehead atoms. The molecule has 4 aromatic carbocycles. The van der Waals surface area contributed by atoms with Crippen LogP contribution >= 0.6 is 0 Å². The van der Waals surface area contributed by atoms with Gasteiger partial charge in [0, 0.05) is 6.21 Å². The number of benzene rings is 4. The molecular weight excluding hydrogens is 494 g/mol. The van der Waals surface area contributed by atoms with E-state index in [-0.39, 0.29) is 17.4 Å². The Labute approximate surface area is 228 Å². The molecule has 0 fully saturated rings. The number of hydrogen-bond acceptors (Lipinski definition) is 7. The Bertz CT molecular complexity index is 1390. The molecule has 200 valence electrons. The lowest BCUT2D eigenvalue weighted by Gasteiger charge is -2.15. The van der Waals surface area contributed by atoms with E-state index in [2.05, 4.69) is 24.3 Å². The minimum Gasteiger partial charge on any atom is -0.493 e. The Hall–Kier alpha value is -4.78. The third kappa shape index (κ3) is 6.76. The van der Waals surface area contributed by atoms with Crippen LogP contribution in [0.1, 0.15) is 33.1 Å². The number of aliphatic imine (C=N–C) groups is 1. The van der Waals surface area contributed by atoms with Crippen molar-refractivity contribution >= 4 is 12.2 Å². The lowest BCUT2D eigenvalue weighted by atomic mass is 9.99. The summed E-state index contributed by atoms with van der Waals surface area (Å²) in [4.78, 5) is 17.9. The fourth-order valence-corrected chi connectivity index (χ4v) is 4.15. The highest BCUT2D eigenvalue weighted by atomic mass is 16.6. The van der Waals surface area contributed by atoms with Crippen molar-refractivity contribution in [3.8, 4) is 28.7 Å². The highest BCUT2D eigenvalue weighted by Crippen LogP contribution is 2.39. The van der Waals surface area contributed by atoms with Crippen molar-refractivity contribution in [2.75, 3.05) is 28.4 Å². The van der Waals surface area contributed by atoms with E-state index in [0.29, 0.717) is 23.0 Å². The molecule has 0 aliphatic heterocycles. The number of rotatable bonds is 11. The molecule has 0 aliphatic rings. The zero-order valence-corrected chi connectivity index (χ0v) is 22.4. The van der Waals surface area contributed by atoms with E-state index < -0.39 is 5.97 Å². The third-order valence-corrected chi connectivity index (χ3v) is 6.15. The molecular formula is C32H31NO6. The summed E-state index contributed by atoms with van der Waals surface area (Å²) in [7, 11) is 5.99. The summed E-state index contributed by atoms with van der Waals surface area (Å²) in [6.07, 6.45) is 2.58. The van der Waals surface area contributed by atoms with Crippen LogP contribution in [0.3, 0.4) is 0 Å². The SMILES string of the molecule is COc1cc(C=N[C@H](Cc2ccccc2)c2ccccc2)ccc1OC(=O)c1cc(OC)c(OC)c(OC)c1. The van der Waals surface area contributed by atoms with Gasteiger partial charge in [0.2, 0.25) is 5.75 Å². The van der Waals surface area contributed by atoms with Crippen LogP contribution in [0.4, 0.5) is 0 Å². The van der Waals surface area contributed by atoms with Gasteiger partial charge in [-0.05, 0) is 53.4 Å². The first kappa shape index (κ1) is 27.3. The molecule has 0 spiro atoms. The van der Waals surface area contributed by atoms with Gasteiger partial charge >= 0.3 is 5.97 Å². The first-order chi connectivity index (χ1) is 19.1. The molecule has 0 saturated heterocycles. The second-order valence-electron chi connectivity index (χ2n) is 8.61. The standard InChI is InChI=1S/C32H31NO6/c1-35-28-18-23(21-33-26(24-13-9-6-10-14-24)17-22-11-7-5-8-12-22)15-16-27(28)39-32(34)25-19-29(36-2)31(38-4)30(20-25)37-3/h5-16,18-21,26H,17H2,1-4H3/t26-/m1/s1. The first-order valence-electron chi connectivity index (χ1n) is 12.4. The van der Waals surface area contributed by atoms with Gasteiger partial charge in [0.05, 0.1) is 40.0 Å². The summed E-state index contributed by atoms with van der Waals surface area (Å²) in [6.45, 7) is 0. The topological polar surface area (TPSA) is 75.6 Å². The van der Waals surface area contributed by atoms with Crippen molar-refractivity contribution in [2.24, 2.45) is 4.99 Å². The molecule has 0 heterocycles. The lowest BCUT2D eigenvalue weighted by molar-refractivity contribution is 0.0728. The van der Waals surface area contributed by atoms with Crippen molar-refractivity contribution in [2.45, 2.75) is 12.5 Å². The number of ether oxygens (including phenoxy) is 5. The van der Waals surface area contributed by atoms with E-state index in [4.69, 9.17) is 28.7 Å². The Morgan fingerprint density at radius 2 is 1.33 bits per heavy atom. The maximum atomic E-state index is 13.0. The first-order valence-corrected chi connectivity index (χ1v) is 12.4. The minimum absolute atomic E-state index is 0.0582. The largest absolute Gasteiger partial charge is 0.493 e. The minimum atomic E-state index is -0.596. The van der Waals surface area contributed by atoms with Gasteiger partial charge in [-0.1, -0.05) is 60.7 Å². The Kier molecular flexibility index (Phi) is 9.19. The molecule has 7 nitrogen and oxygen atoms in total. The van der Waals surface area contributed by atoms with Crippen LogP contribution in [0.2, 0.25) is 0 Å². The normalized spacial score (nSPS) is 11.6. The van der Waals surface area contributed by atoms with Gasteiger partial charge in [-0.3, -0.25) is 4.99 Å². The maximum Gasteiger partial charge on any atom is 0.343 e. The van der Waals surface area contributed by atoms with Crippen LogP contribution in [0.15, 0.2) is 96.0 Å². The molecule has 4 rings (SSSR count). The molecule has 0 unspecified atom stereocenters. The molecule has 0 amide bonds. The summed E-state index contributed by atoms with van der Waals surface area (Å²) in [6, 6.07) is 28.8. The predicted octanol–water partition coefficient (Wildman–Crippen LogP) is 6.34. The summed E-state index contributed by atoms with van der Waals surface area (Å²) in [5.41, 5.74) is 3.38. The highest BCUT2D eigenvalue weighted by Gasteiger charge is 2.20. The summed E-state index contributed by atoms with van der Waals surface area (Å²) >= 11 is 0. The zero-order chi connectivity index (χ0) is 27.6. The average Bonchev–Trinajstić information content (AvgIpc) is 2.99. The number of esters is 1. The maximum absolute atomic E-state index is 13.0. The summed E-state index contributed by atoms with van der Waals surface area (Å²) in [5, 5.41) is 0. The molecule has 0 N–H and O–H groups in total. The van der Waals surface area contributed by atoms with Crippen LogP contribution in [-0.2, 0) is 6.42 Å². The second kappa shape index (κ2) is 13.1. The Morgan fingerprint density at radius 3 is 1.92 bits per heavy atom. The molecule has 39 heavy (non-hydrogen) atoms. The molecule has 0 aliphatic carbocycles. The van der Waals surface area contributed by atoms with Crippen molar-refractivity contribution in [3.05, 3.63) is 113 Å². The number of carbonyl (C=O) groups is 1. The van der Waals surface area contributed by atoms with Crippen molar-refractivity contribution in [1.82, 2.24) is 0 Å². The summed E-state index contributed by atoms with van der Waals surface area (Å²) < 4.78 is 27.2. The second-order valence-corrected chi connectivity index (χ2v) is 8.61. The van der Waals surface area contributed by atoms with Crippen molar-refractivity contribution < 1.29 is 28.5 Å². The van der Waals surface area contributed by atoms with Crippen molar-refractivity contribution in [1.29, 1.82) is 0 Å². The van der Waals surface area contributed by atoms with E-state index in [0.717, 1.165) is 17.5 Å². The number of hydrogen-bond donors (Lipinski definition) is 0. The van der Waals surface area contributed by atoms with Gasteiger partial charge in [-0.15, -0.1) is 0 Å². The molecule has 7 heteroatoms. The molecule has 4 aromatic rings. The van der Waals surface area contributed by atoms with Gasteiger partial charge in [0.15, 0.2) is 23.0 Å². The highest BCUT2D eigenvalue weighted by molar-refractivity contribution is 5.93. The Balaban J connectivity index is 1.56. The van der Waals surface area contributed by atoms with Crippen LogP contribution in [0.5, 0.6) is 28.7 Å². The average molecular weight is 526 g/mol. The van der Waals surface area contributed by atoms with Gasteiger partial charge in [0.1, 0.15) is 0 Å². The smallest absolute Gasteiger partial charge is 0.343 e. The van der Waals surface area contributed by atoms with E-state index in [9.17, 15) is 4.79 Å². The van der Waals surface area contributed by atoms with E-state index >= 15 is 0 Å². The van der Waals surface area contributed by atoms with Crippen LogP contribution in [-0.4, -0.2) is 40.6 Å².